The quantitative estimate of drug-likeness (QED) is 0.876. The van der Waals surface area contributed by atoms with Crippen molar-refractivity contribution in [3.8, 4) is 6.07 Å². The zero-order valence-corrected chi connectivity index (χ0v) is 11.7. The van der Waals surface area contributed by atoms with Crippen LogP contribution in [0.4, 0.5) is 0 Å². The molecule has 1 aliphatic rings. The third-order valence-electron chi connectivity index (χ3n) is 3.37. The summed E-state index contributed by atoms with van der Waals surface area (Å²) in [7, 11) is -3.59. The highest BCUT2D eigenvalue weighted by molar-refractivity contribution is 7.89. The maximum atomic E-state index is 12.4. The molecule has 0 aromatic heterocycles. The summed E-state index contributed by atoms with van der Waals surface area (Å²) in [6.07, 6.45) is 0.432. The summed E-state index contributed by atoms with van der Waals surface area (Å²) in [5.74, 6) is 0. The smallest absolute Gasteiger partial charge is 0.243 e. The molecule has 2 rings (SSSR count). The Morgan fingerprint density at radius 1 is 1.47 bits per heavy atom. The molecule has 19 heavy (non-hydrogen) atoms. The number of nitriles is 1. The minimum Gasteiger partial charge on any atom is -0.389 e. The number of aryl methyl sites for hydroxylation is 1. The lowest BCUT2D eigenvalue weighted by Gasteiger charge is -2.19. The van der Waals surface area contributed by atoms with Gasteiger partial charge in [0.2, 0.25) is 10.0 Å². The summed E-state index contributed by atoms with van der Waals surface area (Å²) in [5, 5.41) is 18.7. The molecular weight excluding hydrogens is 264 g/mol. The molecule has 1 saturated heterocycles. The van der Waals surface area contributed by atoms with Crippen LogP contribution in [0.2, 0.25) is 0 Å². The van der Waals surface area contributed by atoms with Crippen LogP contribution < -0.4 is 0 Å². The molecule has 1 aromatic carbocycles. The Morgan fingerprint density at radius 2 is 2.16 bits per heavy atom. The van der Waals surface area contributed by atoms with Gasteiger partial charge in [-0.15, -0.1) is 0 Å². The summed E-state index contributed by atoms with van der Waals surface area (Å²) < 4.78 is 26.1. The maximum absolute atomic E-state index is 12.4. The molecule has 1 fully saturated rings. The third-order valence-corrected chi connectivity index (χ3v) is 5.21. The van der Waals surface area contributed by atoms with Crippen LogP contribution in [-0.4, -0.2) is 36.5 Å². The van der Waals surface area contributed by atoms with Crippen LogP contribution in [0.1, 0.15) is 24.5 Å². The molecule has 0 amide bonds. The SMILES string of the molecule is Cc1cc(S(=O)(=O)N2CCC(C)(O)C2)ccc1C#N. The van der Waals surface area contributed by atoms with E-state index in [1.54, 1.807) is 13.8 Å². The molecule has 0 aliphatic carbocycles. The fraction of sp³-hybridized carbons (Fsp3) is 0.462. The number of sulfonamides is 1. The zero-order chi connectivity index (χ0) is 14.3. The molecule has 1 heterocycles. The molecule has 1 unspecified atom stereocenters. The molecule has 0 radical (unpaired) electrons. The van der Waals surface area contributed by atoms with E-state index in [0.29, 0.717) is 24.1 Å². The van der Waals surface area contributed by atoms with Crippen LogP contribution in [0.15, 0.2) is 23.1 Å². The van der Waals surface area contributed by atoms with Gasteiger partial charge in [-0.05, 0) is 44.0 Å². The first-order chi connectivity index (χ1) is 8.76. The van der Waals surface area contributed by atoms with Gasteiger partial charge in [-0.1, -0.05) is 0 Å². The van der Waals surface area contributed by atoms with E-state index in [1.807, 2.05) is 6.07 Å². The first-order valence-electron chi connectivity index (χ1n) is 5.99. The van der Waals surface area contributed by atoms with Crippen LogP contribution in [0.25, 0.3) is 0 Å². The molecule has 0 spiro atoms. The summed E-state index contributed by atoms with van der Waals surface area (Å²) in [6, 6.07) is 6.46. The van der Waals surface area contributed by atoms with E-state index in [1.165, 1.54) is 22.5 Å². The summed E-state index contributed by atoms with van der Waals surface area (Å²) >= 11 is 0. The Bertz CT molecular complexity index is 644. The highest BCUT2D eigenvalue weighted by Gasteiger charge is 2.38. The topological polar surface area (TPSA) is 81.4 Å². The highest BCUT2D eigenvalue weighted by atomic mass is 32.2. The van der Waals surface area contributed by atoms with E-state index >= 15 is 0 Å². The van der Waals surface area contributed by atoms with Crippen molar-refractivity contribution in [3.05, 3.63) is 29.3 Å². The van der Waals surface area contributed by atoms with Crippen molar-refractivity contribution in [2.75, 3.05) is 13.1 Å². The van der Waals surface area contributed by atoms with Gasteiger partial charge in [-0.25, -0.2) is 8.42 Å². The van der Waals surface area contributed by atoms with Crippen LogP contribution in [0, 0.1) is 18.3 Å². The Kier molecular flexibility index (Phi) is 3.39. The van der Waals surface area contributed by atoms with Crippen LogP contribution >= 0.6 is 0 Å². The normalized spacial score (nSPS) is 24.3. The van der Waals surface area contributed by atoms with E-state index in [-0.39, 0.29) is 11.4 Å². The molecule has 0 saturated carbocycles. The van der Waals surface area contributed by atoms with Gasteiger partial charge in [-0.2, -0.15) is 9.57 Å². The van der Waals surface area contributed by atoms with E-state index in [0.717, 1.165) is 0 Å². The summed E-state index contributed by atoms with van der Waals surface area (Å²) in [4.78, 5) is 0.168. The molecule has 0 bridgehead atoms. The van der Waals surface area contributed by atoms with Crippen molar-refractivity contribution in [3.63, 3.8) is 0 Å². The Morgan fingerprint density at radius 3 is 2.63 bits per heavy atom. The van der Waals surface area contributed by atoms with Gasteiger partial charge in [0, 0.05) is 13.1 Å². The number of nitrogens with zero attached hydrogens (tertiary/aromatic N) is 2. The lowest BCUT2D eigenvalue weighted by atomic mass is 10.1. The van der Waals surface area contributed by atoms with Gasteiger partial charge in [0.05, 0.1) is 22.1 Å². The number of rotatable bonds is 2. The Hall–Kier alpha value is -1.42. The molecule has 1 N–H and O–H groups in total. The average molecular weight is 280 g/mol. The molecular formula is C13H16N2O3S. The summed E-state index contributed by atoms with van der Waals surface area (Å²) in [5.41, 5.74) is 0.135. The molecule has 6 heteroatoms. The number of hydrogen-bond donors (Lipinski definition) is 1. The van der Waals surface area contributed by atoms with E-state index < -0.39 is 15.6 Å². The lowest BCUT2D eigenvalue weighted by Crippen LogP contribution is -2.33. The highest BCUT2D eigenvalue weighted by Crippen LogP contribution is 2.27. The van der Waals surface area contributed by atoms with Crippen LogP contribution in [-0.2, 0) is 10.0 Å². The molecule has 5 nitrogen and oxygen atoms in total. The Balaban J connectivity index is 2.36. The van der Waals surface area contributed by atoms with Crippen molar-refractivity contribution in [1.82, 2.24) is 4.31 Å². The first-order valence-corrected chi connectivity index (χ1v) is 7.43. The van der Waals surface area contributed by atoms with E-state index in [2.05, 4.69) is 0 Å². The van der Waals surface area contributed by atoms with Gasteiger partial charge >= 0.3 is 0 Å². The standard InChI is InChI=1S/C13H16N2O3S/c1-10-7-12(4-3-11(10)8-14)19(17,18)15-6-5-13(2,16)9-15/h3-4,7,16H,5-6,9H2,1-2H3. The zero-order valence-electron chi connectivity index (χ0n) is 10.9. The number of aliphatic hydroxyl groups is 1. The van der Waals surface area contributed by atoms with Gasteiger partial charge in [-0.3, -0.25) is 0 Å². The predicted molar refractivity (Wildman–Crippen MR) is 69.9 cm³/mol. The summed E-state index contributed by atoms with van der Waals surface area (Å²) in [6.45, 7) is 3.76. The second kappa shape index (κ2) is 4.60. The molecule has 102 valence electrons. The van der Waals surface area contributed by atoms with Crippen molar-refractivity contribution < 1.29 is 13.5 Å². The number of hydrogen-bond acceptors (Lipinski definition) is 4. The van der Waals surface area contributed by atoms with Crippen LogP contribution in [0.3, 0.4) is 0 Å². The number of β-amino-alcohol motifs (C(OH)–C–C–N with tert-alkyl or cyclic N) is 1. The van der Waals surface area contributed by atoms with Crippen molar-refractivity contribution in [2.24, 2.45) is 0 Å². The minimum atomic E-state index is -3.59. The molecule has 1 aromatic rings. The van der Waals surface area contributed by atoms with Gasteiger partial charge < -0.3 is 5.11 Å². The van der Waals surface area contributed by atoms with Crippen molar-refractivity contribution in [1.29, 1.82) is 5.26 Å². The predicted octanol–water partition coefficient (Wildman–Crippen LogP) is 1.01. The van der Waals surface area contributed by atoms with Gasteiger partial charge in [0.25, 0.3) is 0 Å². The Labute approximate surface area is 113 Å². The van der Waals surface area contributed by atoms with E-state index in [4.69, 9.17) is 5.26 Å². The van der Waals surface area contributed by atoms with Crippen LogP contribution in [0.5, 0.6) is 0 Å². The lowest BCUT2D eigenvalue weighted by molar-refractivity contribution is 0.0762. The first kappa shape index (κ1) is 14.0. The van der Waals surface area contributed by atoms with Crippen molar-refractivity contribution in [2.45, 2.75) is 30.8 Å². The van der Waals surface area contributed by atoms with Crippen molar-refractivity contribution >= 4 is 10.0 Å². The molecule has 1 atom stereocenters. The second-order valence-electron chi connectivity index (χ2n) is 5.17. The fourth-order valence-electron chi connectivity index (χ4n) is 2.18. The monoisotopic (exact) mass is 280 g/mol. The third kappa shape index (κ3) is 2.63. The minimum absolute atomic E-state index is 0.106. The second-order valence-corrected chi connectivity index (χ2v) is 7.11. The van der Waals surface area contributed by atoms with Gasteiger partial charge in [0.15, 0.2) is 0 Å². The van der Waals surface area contributed by atoms with Gasteiger partial charge in [0.1, 0.15) is 0 Å². The fourth-order valence-corrected chi connectivity index (χ4v) is 3.82. The largest absolute Gasteiger partial charge is 0.389 e. The van der Waals surface area contributed by atoms with E-state index in [9.17, 15) is 13.5 Å². The number of benzene rings is 1. The molecule has 1 aliphatic heterocycles. The maximum Gasteiger partial charge on any atom is 0.243 e. The average Bonchev–Trinajstić information content (AvgIpc) is 2.70.